The summed E-state index contributed by atoms with van der Waals surface area (Å²) in [6.07, 6.45) is 1.86. The monoisotopic (exact) mass is 549 g/mol. The van der Waals surface area contributed by atoms with Crippen molar-refractivity contribution in [1.29, 1.82) is 0 Å². The van der Waals surface area contributed by atoms with Crippen molar-refractivity contribution in [3.8, 4) is 10.4 Å². The fourth-order valence-corrected chi connectivity index (χ4v) is 5.23. The van der Waals surface area contributed by atoms with E-state index in [0.29, 0.717) is 33.1 Å². The van der Waals surface area contributed by atoms with Gasteiger partial charge in [0.15, 0.2) is 0 Å². The minimum absolute atomic E-state index is 0.0757. The molecular weight excluding hydrogens is 522 g/mol. The summed E-state index contributed by atoms with van der Waals surface area (Å²) in [7, 11) is 1.70. The number of carbonyl (C=O) groups excluding carboxylic acids is 3. The van der Waals surface area contributed by atoms with E-state index in [0.717, 1.165) is 16.0 Å². The largest absolute Gasteiger partial charge is 0.370 e. The van der Waals surface area contributed by atoms with Crippen molar-refractivity contribution in [1.82, 2.24) is 9.55 Å². The van der Waals surface area contributed by atoms with Gasteiger partial charge in [0.05, 0.1) is 15.9 Å². The Bertz CT molecular complexity index is 1720. The van der Waals surface area contributed by atoms with Crippen LogP contribution in [-0.2, 0) is 11.3 Å². The summed E-state index contributed by atoms with van der Waals surface area (Å²) in [4.78, 5) is 45.4. The quantitative estimate of drug-likeness (QED) is 0.242. The molecule has 3 aromatic carbocycles. The smallest absolute Gasteiger partial charge is 0.268 e. The molecule has 0 radical (unpaired) electrons. The average molecular weight is 550 g/mol. The van der Waals surface area contributed by atoms with E-state index < -0.39 is 5.91 Å². The van der Waals surface area contributed by atoms with Crippen LogP contribution in [0, 0.1) is 0 Å². The molecule has 200 valence electrons. The lowest BCUT2D eigenvalue weighted by atomic mass is 10.1. The Hall–Kier alpha value is -5.02. The van der Waals surface area contributed by atoms with Crippen LogP contribution in [0.3, 0.4) is 0 Å². The second-order valence-corrected chi connectivity index (χ2v) is 10.2. The number of primary amides is 1. The predicted octanol–water partition coefficient (Wildman–Crippen LogP) is 5.81. The first-order chi connectivity index (χ1) is 19.3. The number of nitrogens with one attached hydrogen (secondary N) is 1. The van der Waals surface area contributed by atoms with E-state index in [2.05, 4.69) is 16.9 Å². The molecule has 8 nitrogen and oxygen atoms in total. The third kappa shape index (κ3) is 5.55. The number of amides is 3. The average Bonchev–Trinajstić information content (AvgIpc) is 3.60. The number of nitrogens with zero attached hydrogens (tertiary/aromatic N) is 3. The maximum absolute atomic E-state index is 13.2. The summed E-state index contributed by atoms with van der Waals surface area (Å²) < 4.78 is 1.75. The molecule has 40 heavy (non-hydrogen) atoms. The Morgan fingerprint density at radius 3 is 2.48 bits per heavy atom. The number of hydrogen-bond donors (Lipinski definition) is 2. The maximum Gasteiger partial charge on any atom is 0.268 e. The number of nitrogens with two attached hydrogens (primary N) is 1. The van der Waals surface area contributed by atoms with Crippen molar-refractivity contribution in [2.45, 2.75) is 13.0 Å². The van der Waals surface area contributed by atoms with Crippen LogP contribution in [0.25, 0.3) is 27.6 Å². The van der Waals surface area contributed by atoms with E-state index in [1.54, 1.807) is 52.9 Å². The van der Waals surface area contributed by atoms with E-state index in [1.807, 2.05) is 54.6 Å². The van der Waals surface area contributed by atoms with Gasteiger partial charge in [0.1, 0.15) is 0 Å². The molecule has 0 atom stereocenters. The fraction of sp³-hybridized carbons (Fsp3) is 0.0968. The number of hydrogen-bond acceptors (Lipinski definition) is 5. The van der Waals surface area contributed by atoms with Crippen LogP contribution in [0.2, 0.25) is 0 Å². The molecule has 0 unspecified atom stereocenters. The van der Waals surface area contributed by atoms with Gasteiger partial charge in [-0.2, -0.15) is 0 Å². The van der Waals surface area contributed by atoms with Gasteiger partial charge >= 0.3 is 0 Å². The molecule has 0 aliphatic heterocycles. The molecule has 0 aliphatic rings. The minimum Gasteiger partial charge on any atom is -0.370 e. The van der Waals surface area contributed by atoms with Gasteiger partial charge in [-0.05, 0) is 53.6 Å². The van der Waals surface area contributed by atoms with Gasteiger partial charge in [0.25, 0.3) is 11.8 Å². The van der Waals surface area contributed by atoms with Crippen LogP contribution in [0.15, 0.2) is 91.5 Å². The van der Waals surface area contributed by atoms with Crippen molar-refractivity contribution in [2.24, 2.45) is 5.73 Å². The summed E-state index contributed by atoms with van der Waals surface area (Å²) in [6, 6.07) is 26.0. The second kappa shape index (κ2) is 11.4. The van der Waals surface area contributed by atoms with E-state index in [4.69, 9.17) is 5.73 Å². The van der Waals surface area contributed by atoms with Gasteiger partial charge in [-0.1, -0.05) is 55.1 Å². The number of aryl methyl sites for hydroxylation is 1. The van der Waals surface area contributed by atoms with Crippen LogP contribution in [-0.4, -0.2) is 34.3 Å². The highest BCUT2D eigenvalue weighted by molar-refractivity contribution is 7.17. The molecule has 0 bridgehead atoms. The first kappa shape index (κ1) is 26.6. The molecule has 0 spiro atoms. The zero-order valence-corrected chi connectivity index (χ0v) is 22.7. The van der Waals surface area contributed by atoms with Crippen LogP contribution in [0.4, 0.5) is 11.6 Å². The number of aromatic nitrogens is 2. The van der Waals surface area contributed by atoms with Crippen molar-refractivity contribution in [3.63, 3.8) is 0 Å². The van der Waals surface area contributed by atoms with Crippen molar-refractivity contribution < 1.29 is 14.4 Å². The highest BCUT2D eigenvalue weighted by Gasteiger charge is 2.19. The van der Waals surface area contributed by atoms with Gasteiger partial charge in [0.2, 0.25) is 11.9 Å². The molecular formula is C31H27N5O3S. The number of carbonyl (C=O) groups is 3. The number of thiophene rings is 1. The molecule has 0 saturated carbocycles. The fourth-order valence-electron chi connectivity index (χ4n) is 4.32. The minimum atomic E-state index is -0.464. The Kier molecular flexibility index (Phi) is 7.56. The standard InChI is InChI=1S/C31H27N5O3S/c1-3-20-9-11-21(12-10-20)26-15-16-27(40-26)29(38)34-31-33-24-19-23(13-14-25(24)36(31)18-17-28(32)37)35(2)30(39)22-7-5-4-6-8-22/h3-16,19H,1,17-18H2,2H3,(H2,32,37)(H,33,34,38). The summed E-state index contributed by atoms with van der Waals surface area (Å²) in [5.74, 6) is -0.643. The maximum atomic E-state index is 13.2. The van der Waals surface area contributed by atoms with Crippen LogP contribution >= 0.6 is 11.3 Å². The van der Waals surface area contributed by atoms with Crippen molar-refractivity contribution >= 4 is 57.8 Å². The second-order valence-electron chi connectivity index (χ2n) is 9.15. The number of benzene rings is 3. The molecule has 2 heterocycles. The molecule has 3 N–H and O–H groups in total. The van der Waals surface area contributed by atoms with Gasteiger partial charge in [0, 0.05) is 36.1 Å². The number of fused-ring (bicyclic) bond motifs is 1. The van der Waals surface area contributed by atoms with Crippen LogP contribution in [0.5, 0.6) is 0 Å². The van der Waals surface area contributed by atoms with E-state index in [1.165, 1.54) is 11.3 Å². The topological polar surface area (TPSA) is 110 Å². The van der Waals surface area contributed by atoms with Gasteiger partial charge in [-0.25, -0.2) is 4.98 Å². The molecule has 5 rings (SSSR count). The number of anilines is 2. The van der Waals surface area contributed by atoms with Gasteiger partial charge in [-0.3, -0.25) is 19.7 Å². The summed E-state index contributed by atoms with van der Waals surface area (Å²) in [5.41, 5.74) is 9.92. The molecule has 9 heteroatoms. The Balaban J connectivity index is 1.43. The predicted molar refractivity (Wildman–Crippen MR) is 161 cm³/mol. The lowest BCUT2D eigenvalue weighted by molar-refractivity contribution is -0.118. The van der Waals surface area contributed by atoms with Crippen LogP contribution in [0.1, 0.15) is 32.0 Å². The lowest BCUT2D eigenvalue weighted by Crippen LogP contribution is -2.26. The summed E-state index contributed by atoms with van der Waals surface area (Å²) in [5, 5.41) is 2.90. The van der Waals surface area contributed by atoms with Crippen molar-refractivity contribution in [3.05, 3.63) is 108 Å². The zero-order chi connectivity index (χ0) is 28.2. The third-order valence-electron chi connectivity index (χ3n) is 6.51. The number of imidazole rings is 1. The van der Waals surface area contributed by atoms with Crippen LogP contribution < -0.4 is 16.0 Å². The molecule has 3 amide bonds. The van der Waals surface area contributed by atoms with E-state index >= 15 is 0 Å². The Morgan fingerprint density at radius 2 is 1.77 bits per heavy atom. The van der Waals surface area contributed by atoms with E-state index in [-0.39, 0.29) is 24.8 Å². The first-order valence-electron chi connectivity index (χ1n) is 12.6. The Morgan fingerprint density at radius 1 is 1.02 bits per heavy atom. The number of rotatable bonds is 9. The van der Waals surface area contributed by atoms with Gasteiger partial charge < -0.3 is 15.2 Å². The first-order valence-corrected chi connectivity index (χ1v) is 13.4. The molecule has 0 aliphatic carbocycles. The third-order valence-corrected chi connectivity index (χ3v) is 7.65. The summed E-state index contributed by atoms with van der Waals surface area (Å²) in [6.45, 7) is 4.02. The SMILES string of the molecule is C=Cc1ccc(-c2ccc(C(=O)Nc3nc4cc(N(C)C(=O)c5ccccc5)ccc4n3CCC(N)=O)s2)cc1. The van der Waals surface area contributed by atoms with E-state index in [9.17, 15) is 14.4 Å². The molecule has 0 saturated heterocycles. The highest BCUT2D eigenvalue weighted by atomic mass is 32.1. The zero-order valence-electron chi connectivity index (χ0n) is 21.8. The van der Waals surface area contributed by atoms with Crippen molar-refractivity contribution in [2.75, 3.05) is 17.3 Å². The normalized spacial score (nSPS) is 10.8. The molecule has 0 fully saturated rings. The summed E-state index contributed by atoms with van der Waals surface area (Å²) >= 11 is 1.37. The molecule has 2 aromatic heterocycles. The van der Waals surface area contributed by atoms with Gasteiger partial charge in [-0.15, -0.1) is 11.3 Å². The lowest BCUT2D eigenvalue weighted by Gasteiger charge is -2.17. The Labute approximate surface area is 235 Å². The molecule has 5 aromatic rings. The highest BCUT2D eigenvalue weighted by Crippen LogP contribution is 2.30.